The molecule has 108 valence electrons. The van der Waals surface area contributed by atoms with Crippen molar-refractivity contribution in [3.05, 3.63) is 23.8 Å². The van der Waals surface area contributed by atoms with Crippen LogP contribution in [0.25, 0.3) is 0 Å². The summed E-state index contributed by atoms with van der Waals surface area (Å²) in [6, 6.07) is 5.97. The van der Waals surface area contributed by atoms with Crippen molar-refractivity contribution in [2.45, 2.75) is 32.3 Å². The monoisotopic (exact) mass is 274 g/mol. The number of likely N-dealkylation sites (N-methyl/N-ethyl adjacent to an activating group) is 1. The van der Waals surface area contributed by atoms with Crippen molar-refractivity contribution in [2.75, 3.05) is 29.9 Å². The molecule has 0 saturated heterocycles. The van der Waals surface area contributed by atoms with Crippen LogP contribution in [0.1, 0.15) is 37.9 Å². The van der Waals surface area contributed by atoms with Crippen molar-refractivity contribution in [1.29, 1.82) is 0 Å². The fourth-order valence-electron chi connectivity index (χ4n) is 2.89. The first-order valence-electron chi connectivity index (χ1n) is 7.46. The van der Waals surface area contributed by atoms with Crippen LogP contribution in [0.5, 0.6) is 0 Å². The molecular formula is C16H22N2O2. The van der Waals surface area contributed by atoms with E-state index in [-0.39, 0.29) is 5.91 Å². The number of aliphatic hydroxyl groups is 1. The standard InChI is InChI=1S/C16H22N2O2/c1-3-8-18(10-11-4-5-11)12-6-7-13-14(9-12)17(2)16(20)15(13)19/h6-7,9,11,15,19H,3-5,8,10H2,1-2H3. The van der Waals surface area contributed by atoms with Gasteiger partial charge in [0, 0.05) is 31.4 Å². The maximum atomic E-state index is 11.8. The van der Waals surface area contributed by atoms with Crippen LogP contribution in [-0.2, 0) is 4.79 Å². The molecule has 2 aliphatic rings. The van der Waals surface area contributed by atoms with Gasteiger partial charge in [-0.25, -0.2) is 0 Å². The maximum absolute atomic E-state index is 11.8. The first-order chi connectivity index (χ1) is 9.61. The highest BCUT2D eigenvalue weighted by atomic mass is 16.3. The Kier molecular flexibility index (Phi) is 3.42. The van der Waals surface area contributed by atoms with E-state index in [0.717, 1.165) is 42.4 Å². The molecule has 0 spiro atoms. The van der Waals surface area contributed by atoms with Crippen LogP contribution >= 0.6 is 0 Å². The predicted molar refractivity (Wildman–Crippen MR) is 80.0 cm³/mol. The third-order valence-electron chi connectivity index (χ3n) is 4.27. The van der Waals surface area contributed by atoms with E-state index >= 15 is 0 Å². The normalized spacial score (nSPS) is 21.2. The molecule has 0 aromatic heterocycles. The third kappa shape index (κ3) is 2.29. The van der Waals surface area contributed by atoms with Gasteiger partial charge in [-0.1, -0.05) is 13.0 Å². The van der Waals surface area contributed by atoms with Crippen molar-refractivity contribution in [3.8, 4) is 0 Å². The van der Waals surface area contributed by atoms with Crippen LogP contribution < -0.4 is 9.80 Å². The zero-order chi connectivity index (χ0) is 14.3. The Morgan fingerprint density at radius 2 is 2.15 bits per heavy atom. The highest BCUT2D eigenvalue weighted by Crippen LogP contribution is 2.38. The number of hydrogen-bond donors (Lipinski definition) is 1. The molecule has 1 aliphatic carbocycles. The molecule has 1 unspecified atom stereocenters. The van der Waals surface area contributed by atoms with Gasteiger partial charge in [0.1, 0.15) is 0 Å². The van der Waals surface area contributed by atoms with Crippen LogP contribution in [-0.4, -0.2) is 31.2 Å². The van der Waals surface area contributed by atoms with E-state index in [9.17, 15) is 9.90 Å². The molecule has 1 amide bonds. The van der Waals surface area contributed by atoms with E-state index in [1.807, 2.05) is 18.2 Å². The van der Waals surface area contributed by atoms with Gasteiger partial charge in [-0.3, -0.25) is 4.79 Å². The van der Waals surface area contributed by atoms with Crippen LogP contribution in [0.2, 0.25) is 0 Å². The highest BCUT2D eigenvalue weighted by molar-refractivity contribution is 6.03. The van der Waals surface area contributed by atoms with Crippen LogP contribution in [0, 0.1) is 5.92 Å². The number of anilines is 2. The van der Waals surface area contributed by atoms with Crippen molar-refractivity contribution >= 4 is 17.3 Å². The number of carbonyl (C=O) groups is 1. The summed E-state index contributed by atoms with van der Waals surface area (Å²) in [7, 11) is 1.73. The zero-order valence-corrected chi connectivity index (χ0v) is 12.2. The number of benzene rings is 1. The average Bonchev–Trinajstić information content (AvgIpc) is 3.24. The lowest BCUT2D eigenvalue weighted by molar-refractivity contribution is -0.125. The van der Waals surface area contributed by atoms with Crippen LogP contribution in [0.4, 0.5) is 11.4 Å². The molecule has 1 fully saturated rings. The second-order valence-corrected chi connectivity index (χ2v) is 5.93. The molecule has 20 heavy (non-hydrogen) atoms. The number of fused-ring (bicyclic) bond motifs is 1. The molecule has 1 heterocycles. The molecular weight excluding hydrogens is 252 g/mol. The first kappa shape index (κ1) is 13.4. The minimum atomic E-state index is -0.993. The summed E-state index contributed by atoms with van der Waals surface area (Å²) in [4.78, 5) is 15.8. The lowest BCUT2D eigenvalue weighted by Crippen LogP contribution is -2.27. The molecule has 0 bridgehead atoms. The summed E-state index contributed by atoms with van der Waals surface area (Å²) >= 11 is 0. The molecule has 1 saturated carbocycles. The maximum Gasteiger partial charge on any atom is 0.260 e. The summed E-state index contributed by atoms with van der Waals surface area (Å²) < 4.78 is 0. The number of nitrogens with zero attached hydrogens (tertiary/aromatic N) is 2. The highest BCUT2D eigenvalue weighted by Gasteiger charge is 2.34. The predicted octanol–water partition coefficient (Wildman–Crippen LogP) is 2.32. The van der Waals surface area contributed by atoms with Gasteiger partial charge >= 0.3 is 0 Å². The minimum Gasteiger partial charge on any atom is -0.378 e. The van der Waals surface area contributed by atoms with Gasteiger partial charge in [0.2, 0.25) is 0 Å². The van der Waals surface area contributed by atoms with Gasteiger partial charge in [0.05, 0.1) is 5.69 Å². The summed E-state index contributed by atoms with van der Waals surface area (Å²) in [5.74, 6) is 0.598. The Balaban J connectivity index is 1.89. The molecule has 1 aromatic rings. The Labute approximate surface area is 120 Å². The van der Waals surface area contributed by atoms with Gasteiger partial charge in [-0.2, -0.15) is 0 Å². The number of amides is 1. The second-order valence-electron chi connectivity index (χ2n) is 5.93. The fraction of sp³-hybridized carbons (Fsp3) is 0.562. The van der Waals surface area contributed by atoms with E-state index in [1.54, 1.807) is 11.9 Å². The van der Waals surface area contributed by atoms with E-state index in [2.05, 4.69) is 11.8 Å². The second kappa shape index (κ2) is 5.09. The summed E-state index contributed by atoms with van der Waals surface area (Å²) in [5.41, 5.74) is 2.73. The summed E-state index contributed by atoms with van der Waals surface area (Å²) in [6.07, 6.45) is 2.79. The summed E-state index contributed by atoms with van der Waals surface area (Å²) in [5, 5.41) is 9.90. The molecule has 0 radical (unpaired) electrons. The van der Waals surface area contributed by atoms with Crippen molar-refractivity contribution in [3.63, 3.8) is 0 Å². The number of aliphatic hydroxyl groups excluding tert-OH is 1. The number of rotatable bonds is 5. The molecule has 1 N–H and O–H groups in total. The quantitative estimate of drug-likeness (QED) is 0.896. The molecule has 4 heteroatoms. The van der Waals surface area contributed by atoms with E-state index < -0.39 is 6.10 Å². The molecule has 1 aliphatic heterocycles. The van der Waals surface area contributed by atoms with Gasteiger partial charge < -0.3 is 14.9 Å². The van der Waals surface area contributed by atoms with Gasteiger partial charge in [0.25, 0.3) is 5.91 Å². The van der Waals surface area contributed by atoms with E-state index in [1.165, 1.54) is 12.8 Å². The largest absolute Gasteiger partial charge is 0.378 e. The molecule has 1 atom stereocenters. The lowest BCUT2D eigenvalue weighted by Gasteiger charge is -2.25. The Morgan fingerprint density at radius 3 is 2.80 bits per heavy atom. The third-order valence-corrected chi connectivity index (χ3v) is 4.27. The summed E-state index contributed by atoms with van der Waals surface area (Å²) in [6.45, 7) is 4.33. The van der Waals surface area contributed by atoms with Gasteiger partial charge in [-0.15, -0.1) is 0 Å². The number of hydrogen-bond acceptors (Lipinski definition) is 3. The van der Waals surface area contributed by atoms with Crippen LogP contribution in [0.3, 0.4) is 0 Å². The fourth-order valence-corrected chi connectivity index (χ4v) is 2.89. The topological polar surface area (TPSA) is 43.8 Å². The lowest BCUT2D eigenvalue weighted by atomic mass is 10.1. The minimum absolute atomic E-state index is 0.235. The van der Waals surface area contributed by atoms with Gasteiger partial charge in [-0.05, 0) is 37.3 Å². The average molecular weight is 274 g/mol. The zero-order valence-electron chi connectivity index (χ0n) is 12.2. The SMILES string of the molecule is CCCN(CC1CC1)c1ccc2c(c1)N(C)C(=O)C2O. The van der Waals surface area contributed by atoms with Gasteiger partial charge in [0.15, 0.2) is 6.10 Å². The van der Waals surface area contributed by atoms with E-state index in [4.69, 9.17) is 0 Å². The van der Waals surface area contributed by atoms with Crippen molar-refractivity contribution in [1.82, 2.24) is 0 Å². The van der Waals surface area contributed by atoms with E-state index in [0.29, 0.717) is 0 Å². The molecule has 4 nitrogen and oxygen atoms in total. The van der Waals surface area contributed by atoms with Crippen molar-refractivity contribution < 1.29 is 9.90 Å². The molecule has 3 rings (SSSR count). The Hall–Kier alpha value is -1.55. The van der Waals surface area contributed by atoms with Crippen LogP contribution in [0.15, 0.2) is 18.2 Å². The van der Waals surface area contributed by atoms with Crippen molar-refractivity contribution in [2.24, 2.45) is 5.92 Å². The Bertz CT molecular complexity index is 525. The number of carbonyl (C=O) groups excluding carboxylic acids is 1. The first-order valence-corrected chi connectivity index (χ1v) is 7.46. The Morgan fingerprint density at radius 1 is 1.40 bits per heavy atom. The molecule has 1 aromatic carbocycles. The smallest absolute Gasteiger partial charge is 0.260 e.